The van der Waals surface area contributed by atoms with Gasteiger partial charge in [-0.3, -0.25) is 19.5 Å². The first-order chi connectivity index (χ1) is 7.89. The molecule has 0 aromatic heterocycles. The molecule has 92 valence electrons. The molecule has 1 aromatic carbocycles. The van der Waals surface area contributed by atoms with Gasteiger partial charge in [0.05, 0.1) is 10.6 Å². The van der Waals surface area contributed by atoms with Crippen LogP contribution in [0.5, 0.6) is 0 Å². The molecular weight excluding hydrogens is 266 g/mol. The minimum Gasteiger partial charge on any atom is -0.286 e. The molecule has 8 heteroatoms. The number of thioether (sulfide) groups is 1. The summed E-state index contributed by atoms with van der Waals surface area (Å²) in [7, 11) is -4.00. The molecule has 2 amide bonds. The number of nitrogens with one attached hydrogen (secondary N) is 1. The zero-order valence-corrected chi connectivity index (χ0v) is 10.1. The largest absolute Gasteiger partial charge is 0.294 e. The Morgan fingerprint density at radius 2 is 1.76 bits per heavy atom. The second kappa shape index (κ2) is 5.80. The van der Waals surface area contributed by atoms with Crippen LogP contribution in [0.2, 0.25) is 0 Å². The molecule has 0 aliphatic carbocycles. The highest BCUT2D eigenvalue weighted by atomic mass is 32.2. The molecule has 2 rings (SSSR count). The third kappa shape index (κ3) is 4.98. The Morgan fingerprint density at radius 1 is 1.18 bits per heavy atom. The summed E-state index contributed by atoms with van der Waals surface area (Å²) < 4.78 is 29.2. The fraction of sp³-hybridized carbons (Fsp3) is 0.111. The van der Waals surface area contributed by atoms with E-state index in [1.165, 1.54) is 12.1 Å². The zero-order valence-electron chi connectivity index (χ0n) is 8.49. The number of hydrogen-bond donors (Lipinski definition) is 2. The lowest BCUT2D eigenvalue weighted by Gasteiger charge is -1.92. The molecular formula is C9H9NO5S2. The van der Waals surface area contributed by atoms with Crippen molar-refractivity contribution in [2.75, 3.05) is 5.75 Å². The van der Waals surface area contributed by atoms with Gasteiger partial charge in [0.25, 0.3) is 15.4 Å². The SMILES string of the molecule is O=C1CSC(=O)N1.O=S(=O)(O)c1ccccc1. The van der Waals surface area contributed by atoms with Crippen LogP contribution in [-0.2, 0) is 14.9 Å². The summed E-state index contributed by atoms with van der Waals surface area (Å²) in [6.45, 7) is 0. The lowest BCUT2D eigenvalue weighted by atomic mass is 10.4. The average molecular weight is 275 g/mol. The summed E-state index contributed by atoms with van der Waals surface area (Å²) in [6, 6.07) is 7.42. The number of hydrogen-bond acceptors (Lipinski definition) is 5. The Hall–Kier alpha value is -1.38. The van der Waals surface area contributed by atoms with Crippen molar-refractivity contribution in [2.24, 2.45) is 0 Å². The van der Waals surface area contributed by atoms with Gasteiger partial charge in [-0.2, -0.15) is 8.42 Å². The lowest BCUT2D eigenvalue weighted by Crippen LogP contribution is -2.18. The molecule has 1 aliphatic heterocycles. The highest BCUT2D eigenvalue weighted by molar-refractivity contribution is 8.14. The average Bonchev–Trinajstić information content (AvgIpc) is 2.63. The van der Waals surface area contributed by atoms with Crippen LogP contribution < -0.4 is 5.32 Å². The molecule has 6 nitrogen and oxygen atoms in total. The Labute approximate surface area is 102 Å². The number of benzene rings is 1. The summed E-state index contributed by atoms with van der Waals surface area (Å²) in [5.41, 5.74) is 0. The van der Waals surface area contributed by atoms with Gasteiger partial charge < -0.3 is 0 Å². The number of carbonyl (C=O) groups excluding carboxylic acids is 2. The molecule has 0 atom stereocenters. The molecule has 0 radical (unpaired) electrons. The van der Waals surface area contributed by atoms with Crippen molar-refractivity contribution in [2.45, 2.75) is 4.90 Å². The molecule has 0 saturated carbocycles. The third-order valence-corrected chi connectivity index (χ3v) is 3.26. The van der Waals surface area contributed by atoms with Crippen LogP contribution in [0.4, 0.5) is 4.79 Å². The van der Waals surface area contributed by atoms with Crippen LogP contribution in [0, 0.1) is 0 Å². The maximum Gasteiger partial charge on any atom is 0.294 e. The first-order valence-corrected chi connectivity index (χ1v) is 6.81. The van der Waals surface area contributed by atoms with Crippen LogP contribution in [0.1, 0.15) is 0 Å². The van der Waals surface area contributed by atoms with Crippen LogP contribution >= 0.6 is 11.8 Å². The first kappa shape index (κ1) is 13.7. The lowest BCUT2D eigenvalue weighted by molar-refractivity contribution is -0.117. The van der Waals surface area contributed by atoms with Crippen LogP contribution in [0.15, 0.2) is 35.2 Å². The Kier molecular flexibility index (Phi) is 4.67. The van der Waals surface area contributed by atoms with Crippen LogP contribution in [0.3, 0.4) is 0 Å². The predicted molar refractivity (Wildman–Crippen MR) is 62.3 cm³/mol. The molecule has 1 fully saturated rings. The fourth-order valence-electron chi connectivity index (χ4n) is 0.910. The van der Waals surface area contributed by atoms with E-state index in [9.17, 15) is 18.0 Å². The minimum absolute atomic E-state index is 0.0741. The second-order valence-electron chi connectivity index (χ2n) is 2.91. The summed E-state index contributed by atoms with van der Waals surface area (Å²) in [6.07, 6.45) is 0. The number of imide groups is 1. The van der Waals surface area contributed by atoms with Crippen molar-refractivity contribution >= 4 is 33.0 Å². The van der Waals surface area contributed by atoms with Crippen molar-refractivity contribution < 1.29 is 22.6 Å². The Bertz CT molecular complexity index is 497. The highest BCUT2D eigenvalue weighted by Crippen LogP contribution is 2.06. The van der Waals surface area contributed by atoms with Crippen LogP contribution in [-0.4, -0.2) is 29.9 Å². The highest BCUT2D eigenvalue weighted by Gasteiger charge is 2.16. The van der Waals surface area contributed by atoms with Crippen LogP contribution in [0.25, 0.3) is 0 Å². The van der Waals surface area contributed by atoms with E-state index in [2.05, 4.69) is 5.32 Å². The summed E-state index contributed by atoms with van der Waals surface area (Å²) in [5.74, 6) is 0.105. The number of carbonyl (C=O) groups is 2. The summed E-state index contributed by atoms with van der Waals surface area (Å²) in [5, 5.41) is 1.87. The van der Waals surface area contributed by atoms with E-state index in [1.54, 1.807) is 18.2 Å². The van der Waals surface area contributed by atoms with Crippen molar-refractivity contribution in [3.8, 4) is 0 Å². The molecule has 0 spiro atoms. The van der Waals surface area contributed by atoms with Gasteiger partial charge in [0.15, 0.2) is 0 Å². The van der Waals surface area contributed by atoms with Gasteiger partial charge >= 0.3 is 0 Å². The van der Waals surface area contributed by atoms with Crippen molar-refractivity contribution in [3.63, 3.8) is 0 Å². The maximum absolute atomic E-state index is 10.4. The number of amides is 2. The van der Waals surface area contributed by atoms with Gasteiger partial charge in [-0.25, -0.2) is 0 Å². The van der Waals surface area contributed by atoms with Gasteiger partial charge in [0, 0.05) is 0 Å². The second-order valence-corrected chi connectivity index (χ2v) is 5.28. The van der Waals surface area contributed by atoms with Gasteiger partial charge in [-0.05, 0) is 12.1 Å². The molecule has 0 unspecified atom stereocenters. The molecule has 0 bridgehead atoms. The molecule has 1 aliphatic rings. The quantitative estimate of drug-likeness (QED) is 0.739. The van der Waals surface area contributed by atoms with Crippen molar-refractivity contribution in [3.05, 3.63) is 30.3 Å². The Balaban J connectivity index is 0.000000181. The summed E-state index contributed by atoms with van der Waals surface area (Å²) in [4.78, 5) is 20.1. The molecule has 2 N–H and O–H groups in total. The van der Waals surface area contributed by atoms with Crippen molar-refractivity contribution in [1.29, 1.82) is 0 Å². The number of rotatable bonds is 1. The minimum atomic E-state index is -4.00. The van der Waals surface area contributed by atoms with E-state index in [-0.39, 0.29) is 16.0 Å². The molecule has 17 heavy (non-hydrogen) atoms. The van der Waals surface area contributed by atoms with E-state index in [0.29, 0.717) is 5.75 Å². The third-order valence-electron chi connectivity index (χ3n) is 1.62. The molecule has 1 aromatic rings. The predicted octanol–water partition coefficient (Wildman–Crippen LogP) is 0.903. The van der Waals surface area contributed by atoms with Gasteiger partial charge in [0.2, 0.25) is 5.91 Å². The normalized spacial score (nSPS) is 14.9. The van der Waals surface area contributed by atoms with Crippen molar-refractivity contribution in [1.82, 2.24) is 5.32 Å². The summed E-state index contributed by atoms with van der Waals surface area (Å²) >= 11 is 1.01. The Morgan fingerprint density at radius 3 is 2.00 bits per heavy atom. The molecule has 1 heterocycles. The maximum atomic E-state index is 10.4. The van der Waals surface area contributed by atoms with E-state index in [0.717, 1.165) is 11.8 Å². The standard InChI is InChI=1S/C6H6O3S.C3H3NO2S/c7-10(8,9)6-4-2-1-3-5-6;5-2-1-7-3(6)4-2/h1-5H,(H,7,8,9);1H2,(H,4,5,6). The van der Waals surface area contributed by atoms with Gasteiger partial charge in [-0.15, -0.1) is 0 Å². The first-order valence-electron chi connectivity index (χ1n) is 4.39. The zero-order chi connectivity index (χ0) is 12.9. The topological polar surface area (TPSA) is 101 Å². The van der Waals surface area contributed by atoms with E-state index >= 15 is 0 Å². The van der Waals surface area contributed by atoms with E-state index < -0.39 is 10.1 Å². The van der Waals surface area contributed by atoms with Gasteiger partial charge in [-0.1, -0.05) is 30.0 Å². The molecule has 1 saturated heterocycles. The smallest absolute Gasteiger partial charge is 0.286 e. The van der Waals surface area contributed by atoms with E-state index in [4.69, 9.17) is 4.55 Å². The monoisotopic (exact) mass is 275 g/mol. The van der Waals surface area contributed by atoms with E-state index in [1.807, 2.05) is 0 Å². The fourth-order valence-corrected chi connectivity index (χ4v) is 1.93. The van der Waals surface area contributed by atoms with Gasteiger partial charge in [0.1, 0.15) is 0 Å².